The van der Waals surface area contributed by atoms with E-state index in [4.69, 9.17) is 4.42 Å². The van der Waals surface area contributed by atoms with Gasteiger partial charge in [0.25, 0.3) is 0 Å². The normalized spacial score (nSPS) is 11.1. The van der Waals surface area contributed by atoms with Gasteiger partial charge in [-0.15, -0.1) is 22.7 Å². The lowest BCUT2D eigenvalue weighted by Crippen LogP contribution is -2.24. The van der Waals surface area contributed by atoms with Gasteiger partial charge in [-0.2, -0.15) is 0 Å². The molecule has 1 aromatic carbocycles. The minimum Gasteiger partial charge on any atom is -0.457 e. The summed E-state index contributed by atoms with van der Waals surface area (Å²) in [5, 5.41) is 6.48. The molecule has 0 spiro atoms. The molecule has 0 unspecified atom stereocenters. The van der Waals surface area contributed by atoms with E-state index in [-0.39, 0.29) is 12.3 Å². The first-order valence-electron chi connectivity index (χ1n) is 9.31. The van der Waals surface area contributed by atoms with Crippen molar-refractivity contribution < 1.29 is 9.21 Å². The topological polar surface area (TPSA) is 80.9 Å². The summed E-state index contributed by atoms with van der Waals surface area (Å²) in [6.45, 7) is 0.323. The number of carbonyl (C=O) groups is 1. The van der Waals surface area contributed by atoms with Gasteiger partial charge >= 0.3 is 0 Å². The number of aromatic nitrogens is 3. The number of benzene rings is 1. The third-order valence-corrected chi connectivity index (χ3v) is 6.42. The fourth-order valence-corrected chi connectivity index (χ4v) is 4.73. The van der Waals surface area contributed by atoms with Gasteiger partial charge in [-0.3, -0.25) is 9.78 Å². The number of amides is 1. The number of carbonyl (C=O) groups excluding carboxylic acids is 1. The van der Waals surface area contributed by atoms with E-state index in [2.05, 4.69) is 20.3 Å². The fourth-order valence-electron chi connectivity index (χ4n) is 2.99. The second-order valence-electron chi connectivity index (χ2n) is 6.59. The van der Waals surface area contributed by atoms with E-state index in [9.17, 15) is 4.79 Å². The molecular weight excluding hydrogens is 416 g/mol. The zero-order valence-electron chi connectivity index (χ0n) is 15.7. The smallest absolute Gasteiger partial charge is 0.226 e. The van der Waals surface area contributed by atoms with Crippen molar-refractivity contribution in [3.05, 3.63) is 77.8 Å². The van der Waals surface area contributed by atoms with Gasteiger partial charge in [0.05, 0.1) is 28.9 Å². The monoisotopic (exact) mass is 432 g/mol. The molecule has 6 nitrogen and oxygen atoms in total. The highest BCUT2D eigenvalue weighted by atomic mass is 32.1. The van der Waals surface area contributed by atoms with Crippen molar-refractivity contribution in [2.45, 2.75) is 13.0 Å². The van der Waals surface area contributed by atoms with Gasteiger partial charge in [0.15, 0.2) is 10.8 Å². The number of rotatable bonds is 6. The lowest BCUT2D eigenvalue weighted by atomic mass is 10.3. The highest BCUT2D eigenvalue weighted by Crippen LogP contribution is 2.31. The van der Waals surface area contributed by atoms with Crippen LogP contribution in [0.2, 0.25) is 0 Å². The van der Waals surface area contributed by atoms with Crippen LogP contribution in [-0.2, 0) is 17.8 Å². The molecule has 5 aromatic rings. The number of pyridine rings is 1. The number of fused-ring (bicyclic) bond motifs is 1. The van der Waals surface area contributed by atoms with Crippen molar-refractivity contribution in [2.75, 3.05) is 0 Å². The predicted octanol–water partition coefficient (Wildman–Crippen LogP) is 4.93. The van der Waals surface area contributed by atoms with E-state index >= 15 is 0 Å². The van der Waals surface area contributed by atoms with Crippen molar-refractivity contribution in [2.24, 2.45) is 0 Å². The molecule has 4 aromatic heterocycles. The molecule has 0 fully saturated rings. The van der Waals surface area contributed by atoms with Gasteiger partial charge in [-0.25, -0.2) is 9.97 Å². The van der Waals surface area contributed by atoms with Crippen LogP contribution in [0.25, 0.3) is 31.6 Å². The van der Waals surface area contributed by atoms with Gasteiger partial charge in [-0.1, -0.05) is 12.1 Å². The minimum absolute atomic E-state index is 0.101. The van der Waals surface area contributed by atoms with Crippen LogP contribution < -0.4 is 5.32 Å². The van der Waals surface area contributed by atoms with Crippen LogP contribution in [0.5, 0.6) is 0 Å². The molecule has 0 saturated heterocycles. The quantitative estimate of drug-likeness (QED) is 0.411. The predicted molar refractivity (Wildman–Crippen MR) is 118 cm³/mol. The summed E-state index contributed by atoms with van der Waals surface area (Å²) in [6, 6.07) is 15.6. The van der Waals surface area contributed by atoms with Crippen molar-refractivity contribution in [3.8, 4) is 21.3 Å². The summed E-state index contributed by atoms with van der Waals surface area (Å²) in [6.07, 6.45) is 3.72. The third kappa shape index (κ3) is 4.00. The largest absolute Gasteiger partial charge is 0.457 e. The minimum atomic E-state index is -0.101. The number of furan rings is 1. The second kappa shape index (κ2) is 8.17. The number of nitrogens with one attached hydrogen (secondary N) is 1. The first-order valence-corrected chi connectivity index (χ1v) is 11.0. The molecule has 0 atom stereocenters. The van der Waals surface area contributed by atoms with Crippen LogP contribution >= 0.6 is 22.7 Å². The van der Waals surface area contributed by atoms with Crippen molar-refractivity contribution in [1.82, 2.24) is 20.3 Å². The summed E-state index contributed by atoms with van der Waals surface area (Å²) >= 11 is 3.09. The summed E-state index contributed by atoms with van der Waals surface area (Å²) < 4.78 is 6.99. The zero-order chi connectivity index (χ0) is 20.3. The van der Waals surface area contributed by atoms with Crippen LogP contribution in [0.1, 0.15) is 11.5 Å². The molecule has 5 rings (SSSR count). The molecule has 148 valence electrons. The molecule has 1 amide bonds. The molecule has 0 aliphatic rings. The number of para-hydroxylation sites is 1. The van der Waals surface area contributed by atoms with Crippen LogP contribution in [-0.4, -0.2) is 20.9 Å². The lowest BCUT2D eigenvalue weighted by molar-refractivity contribution is -0.120. The highest BCUT2D eigenvalue weighted by Gasteiger charge is 2.12. The Hall–Kier alpha value is -3.36. The average molecular weight is 433 g/mol. The van der Waals surface area contributed by atoms with Gasteiger partial charge in [-0.05, 0) is 36.4 Å². The molecule has 0 bridgehead atoms. The molecular formula is C22H16N4O2S2. The molecule has 4 heterocycles. The van der Waals surface area contributed by atoms with E-state index in [1.807, 2.05) is 53.9 Å². The summed E-state index contributed by atoms with van der Waals surface area (Å²) in [4.78, 5) is 25.5. The molecule has 0 radical (unpaired) electrons. The van der Waals surface area contributed by atoms with Crippen molar-refractivity contribution in [3.63, 3.8) is 0 Å². The maximum atomic E-state index is 12.3. The Morgan fingerprint density at radius 1 is 1.03 bits per heavy atom. The van der Waals surface area contributed by atoms with E-state index in [1.165, 1.54) is 11.3 Å². The van der Waals surface area contributed by atoms with E-state index in [0.717, 1.165) is 31.5 Å². The Bertz CT molecular complexity index is 1270. The average Bonchev–Trinajstić information content (AvgIpc) is 3.52. The Morgan fingerprint density at radius 2 is 1.97 bits per heavy atom. The second-order valence-corrected chi connectivity index (χ2v) is 8.48. The summed E-state index contributed by atoms with van der Waals surface area (Å²) in [7, 11) is 0. The van der Waals surface area contributed by atoms with Crippen molar-refractivity contribution >= 4 is 38.8 Å². The molecule has 8 heteroatoms. The highest BCUT2D eigenvalue weighted by molar-refractivity contribution is 7.21. The molecule has 0 aliphatic carbocycles. The maximum Gasteiger partial charge on any atom is 0.226 e. The lowest BCUT2D eigenvalue weighted by Gasteiger charge is -2.01. The fraction of sp³-hybridized carbons (Fsp3) is 0.0909. The van der Waals surface area contributed by atoms with Crippen LogP contribution in [0.4, 0.5) is 0 Å². The SMILES string of the molecule is O=C(Cc1csc(-c2cccnc2)n1)NCc1ccc(-c2nc3ccccc3s2)o1. The van der Waals surface area contributed by atoms with Gasteiger partial charge in [0, 0.05) is 23.3 Å². The first-order chi connectivity index (χ1) is 14.7. The van der Waals surface area contributed by atoms with Crippen LogP contribution in [0.3, 0.4) is 0 Å². The van der Waals surface area contributed by atoms with Gasteiger partial charge in [0.2, 0.25) is 5.91 Å². The third-order valence-electron chi connectivity index (χ3n) is 4.43. The maximum absolute atomic E-state index is 12.3. The number of nitrogens with zero attached hydrogens (tertiary/aromatic N) is 3. The zero-order valence-corrected chi connectivity index (χ0v) is 17.4. The molecule has 30 heavy (non-hydrogen) atoms. The summed E-state index contributed by atoms with van der Waals surface area (Å²) in [5.74, 6) is 1.30. The molecule has 0 saturated carbocycles. The Morgan fingerprint density at radius 3 is 2.83 bits per heavy atom. The first kappa shape index (κ1) is 18.7. The van der Waals surface area contributed by atoms with E-state index in [1.54, 1.807) is 23.7 Å². The Kier molecular flexibility index (Phi) is 5.08. The van der Waals surface area contributed by atoms with Crippen LogP contribution in [0, 0.1) is 0 Å². The summed E-state index contributed by atoms with van der Waals surface area (Å²) in [5.41, 5.74) is 2.65. The number of thiazole rings is 2. The van der Waals surface area contributed by atoms with Gasteiger partial charge < -0.3 is 9.73 Å². The van der Waals surface area contributed by atoms with E-state index < -0.39 is 0 Å². The number of hydrogen-bond acceptors (Lipinski definition) is 7. The van der Waals surface area contributed by atoms with Gasteiger partial charge in [0.1, 0.15) is 10.8 Å². The van der Waals surface area contributed by atoms with E-state index in [0.29, 0.717) is 18.1 Å². The van der Waals surface area contributed by atoms with Crippen LogP contribution in [0.15, 0.2) is 70.7 Å². The Labute approximate surface area is 180 Å². The molecule has 0 aliphatic heterocycles. The van der Waals surface area contributed by atoms with Crippen molar-refractivity contribution in [1.29, 1.82) is 0 Å². The standard InChI is InChI=1S/C22H16N4O2S2/c27-20(10-15-13-29-21(25-15)14-4-3-9-23-11-14)24-12-16-7-8-18(28-16)22-26-17-5-1-2-6-19(17)30-22/h1-9,11,13H,10,12H2,(H,24,27). The number of hydrogen-bond donors (Lipinski definition) is 1. The molecule has 1 N–H and O–H groups in total. The Balaban J connectivity index is 1.20.